The Morgan fingerprint density at radius 1 is 1.08 bits per heavy atom. The van der Waals surface area contributed by atoms with E-state index in [0.29, 0.717) is 45.2 Å². The Morgan fingerprint density at radius 3 is 2.55 bits per heavy atom. The van der Waals surface area contributed by atoms with E-state index in [1.54, 1.807) is 65.2 Å². The van der Waals surface area contributed by atoms with Gasteiger partial charge in [-0.3, -0.25) is 23.7 Å². The maximum atomic E-state index is 13.7. The van der Waals surface area contributed by atoms with Crippen LogP contribution in [0.25, 0.3) is 5.69 Å². The lowest BCUT2D eigenvalue weighted by Crippen LogP contribution is -2.41. The number of ketones is 1. The lowest BCUT2D eigenvalue weighted by Gasteiger charge is -2.28. The van der Waals surface area contributed by atoms with Crippen LogP contribution in [-0.2, 0) is 19.5 Å². The first-order valence-corrected chi connectivity index (χ1v) is 13.2. The number of benzene rings is 2. The number of carbonyl (C=O) groups is 2. The number of aromatic nitrogens is 3. The molecule has 0 saturated heterocycles. The summed E-state index contributed by atoms with van der Waals surface area (Å²) in [5.41, 5.74) is 2.26. The predicted octanol–water partition coefficient (Wildman–Crippen LogP) is 4.93. The van der Waals surface area contributed by atoms with E-state index in [-0.39, 0.29) is 42.6 Å². The van der Waals surface area contributed by atoms with Crippen LogP contribution in [0.3, 0.4) is 0 Å². The van der Waals surface area contributed by atoms with E-state index in [4.69, 9.17) is 16.3 Å². The number of imidazole rings is 1. The summed E-state index contributed by atoms with van der Waals surface area (Å²) in [4.78, 5) is 46.6. The van der Waals surface area contributed by atoms with Crippen molar-refractivity contribution in [2.45, 2.75) is 25.9 Å². The lowest BCUT2D eigenvalue weighted by atomic mass is 10.1. The van der Waals surface area contributed by atoms with E-state index in [0.717, 1.165) is 5.69 Å². The van der Waals surface area contributed by atoms with Crippen molar-refractivity contribution in [1.82, 2.24) is 19.0 Å². The molecule has 0 saturated carbocycles. The third kappa shape index (κ3) is 5.04. The zero-order chi connectivity index (χ0) is 26.8. The van der Waals surface area contributed by atoms with Crippen LogP contribution in [0.4, 0.5) is 0 Å². The van der Waals surface area contributed by atoms with Crippen molar-refractivity contribution >= 4 is 39.2 Å². The SMILES string of the molecule is COc1ccc(-n2c(C(=O)CCc3ccccn3)c3n(c2=O)CCN(C(=O)c2ccc(Br)c(Cl)c2)C3)cc1. The molecule has 0 N–H and O–H groups in total. The van der Waals surface area contributed by atoms with Crippen molar-refractivity contribution in [2.24, 2.45) is 0 Å². The summed E-state index contributed by atoms with van der Waals surface area (Å²) in [6.07, 6.45) is 2.28. The van der Waals surface area contributed by atoms with E-state index in [2.05, 4.69) is 20.9 Å². The van der Waals surface area contributed by atoms with Gasteiger partial charge in [-0.25, -0.2) is 4.79 Å². The number of halogens is 2. The summed E-state index contributed by atoms with van der Waals surface area (Å²) >= 11 is 9.57. The van der Waals surface area contributed by atoms with Crippen molar-refractivity contribution in [2.75, 3.05) is 13.7 Å². The highest BCUT2D eigenvalue weighted by molar-refractivity contribution is 9.10. The summed E-state index contributed by atoms with van der Waals surface area (Å²) in [7, 11) is 1.56. The smallest absolute Gasteiger partial charge is 0.333 e. The first-order valence-electron chi connectivity index (χ1n) is 12.0. The number of fused-ring (bicyclic) bond motifs is 1. The van der Waals surface area contributed by atoms with Gasteiger partial charge in [0, 0.05) is 41.4 Å². The lowest BCUT2D eigenvalue weighted by molar-refractivity contribution is 0.0707. The number of nitrogens with zero attached hydrogens (tertiary/aromatic N) is 4. The quantitative estimate of drug-likeness (QED) is 0.283. The maximum Gasteiger partial charge on any atom is 0.333 e. The number of methoxy groups -OCH3 is 1. The Labute approximate surface area is 232 Å². The van der Waals surface area contributed by atoms with Crippen molar-refractivity contribution in [3.8, 4) is 11.4 Å². The number of hydrogen-bond donors (Lipinski definition) is 0. The van der Waals surface area contributed by atoms with Crippen LogP contribution in [0, 0.1) is 0 Å². The Kier molecular flexibility index (Phi) is 7.49. The molecule has 4 aromatic rings. The standard InChI is InChI=1S/C28H24BrClN4O4/c1-38-21-9-7-20(8-10-21)34-26(25(35)12-6-19-4-2-3-13-31-19)24-17-32(14-15-33(24)28(34)37)27(36)18-5-11-22(29)23(30)16-18/h2-5,7-11,13,16H,6,12,14-15,17H2,1H3. The van der Waals surface area contributed by atoms with Crippen LogP contribution >= 0.6 is 27.5 Å². The van der Waals surface area contributed by atoms with Gasteiger partial charge in [-0.2, -0.15) is 0 Å². The summed E-state index contributed by atoms with van der Waals surface area (Å²) in [5.74, 6) is 0.221. The number of ether oxygens (including phenoxy) is 1. The normalized spacial score (nSPS) is 12.8. The van der Waals surface area contributed by atoms with Gasteiger partial charge in [-0.05, 0) is 76.9 Å². The van der Waals surface area contributed by atoms with Crippen molar-refractivity contribution in [3.63, 3.8) is 0 Å². The van der Waals surface area contributed by atoms with E-state index >= 15 is 0 Å². The third-order valence-electron chi connectivity index (χ3n) is 6.56. The molecule has 0 atom stereocenters. The number of amides is 1. The average Bonchev–Trinajstić information content (AvgIpc) is 3.25. The average molecular weight is 596 g/mol. The minimum absolute atomic E-state index is 0.121. The molecule has 10 heteroatoms. The van der Waals surface area contributed by atoms with Gasteiger partial charge < -0.3 is 9.64 Å². The molecule has 0 fully saturated rings. The van der Waals surface area contributed by atoms with Gasteiger partial charge in [0.05, 0.1) is 30.1 Å². The highest BCUT2D eigenvalue weighted by Gasteiger charge is 2.32. The molecule has 38 heavy (non-hydrogen) atoms. The van der Waals surface area contributed by atoms with Crippen molar-refractivity contribution in [3.05, 3.63) is 109 Å². The second-order valence-electron chi connectivity index (χ2n) is 8.86. The number of Topliss-reactive ketones (excluding diaryl/α,β-unsaturated/α-hetero) is 1. The first-order chi connectivity index (χ1) is 18.4. The number of pyridine rings is 1. The molecule has 2 aromatic heterocycles. The summed E-state index contributed by atoms with van der Waals surface area (Å²) in [5, 5.41) is 0.431. The Bertz CT molecular complexity index is 1560. The van der Waals surface area contributed by atoms with Gasteiger partial charge in [-0.1, -0.05) is 17.7 Å². The molecule has 0 unspecified atom stereocenters. The van der Waals surface area contributed by atoms with Gasteiger partial charge in [0.1, 0.15) is 11.4 Å². The Hall–Kier alpha value is -3.69. The van der Waals surface area contributed by atoms with Gasteiger partial charge >= 0.3 is 5.69 Å². The molecule has 1 aliphatic rings. The van der Waals surface area contributed by atoms with E-state index < -0.39 is 0 Å². The molecule has 5 rings (SSSR count). The van der Waals surface area contributed by atoms with Gasteiger partial charge in [0.15, 0.2) is 5.78 Å². The van der Waals surface area contributed by atoms with Crippen LogP contribution in [0.2, 0.25) is 5.02 Å². The molecule has 8 nitrogen and oxygen atoms in total. The van der Waals surface area contributed by atoms with E-state index in [1.165, 1.54) is 4.57 Å². The molecular weight excluding hydrogens is 572 g/mol. The molecule has 2 aromatic carbocycles. The van der Waals surface area contributed by atoms with Crippen molar-refractivity contribution < 1.29 is 14.3 Å². The van der Waals surface area contributed by atoms with Crippen LogP contribution in [-0.4, -0.2) is 44.4 Å². The largest absolute Gasteiger partial charge is 0.497 e. The number of rotatable bonds is 7. The second kappa shape index (κ2) is 11.0. The van der Waals surface area contributed by atoms with Gasteiger partial charge in [0.2, 0.25) is 0 Å². The third-order valence-corrected chi connectivity index (χ3v) is 7.79. The highest BCUT2D eigenvalue weighted by Crippen LogP contribution is 2.27. The summed E-state index contributed by atoms with van der Waals surface area (Å²) in [6.45, 7) is 0.719. The minimum Gasteiger partial charge on any atom is -0.497 e. The fourth-order valence-corrected chi connectivity index (χ4v) is 5.03. The fraction of sp³-hybridized carbons (Fsp3) is 0.214. The second-order valence-corrected chi connectivity index (χ2v) is 10.1. The summed E-state index contributed by atoms with van der Waals surface area (Å²) in [6, 6.07) is 17.6. The monoisotopic (exact) mass is 594 g/mol. The molecule has 1 aliphatic heterocycles. The first kappa shape index (κ1) is 25.9. The molecule has 0 spiro atoms. The van der Waals surface area contributed by atoms with Crippen LogP contribution in [0.1, 0.15) is 38.7 Å². The highest BCUT2D eigenvalue weighted by atomic mass is 79.9. The topological polar surface area (TPSA) is 86.4 Å². The minimum atomic E-state index is -0.315. The Morgan fingerprint density at radius 2 is 1.87 bits per heavy atom. The van der Waals surface area contributed by atoms with E-state index in [1.807, 2.05) is 18.2 Å². The molecule has 0 bridgehead atoms. The van der Waals surface area contributed by atoms with Gasteiger partial charge in [0.25, 0.3) is 5.91 Å². The maximum absolute atomic E-state index is 13.7. The molecule has 0 radical (unpaired) electrons. The zero-order valence-electron chi connectivity index (χ0n) is 20.6. The number of hydrogen-bond acceptors (Lipinski definition) is 5. The van der Waals surface area contributed by atoms with Crippen molar-refractivity contribution in [1.29, 1.82) is 0 Å². The Balaban J connectivity index is 1.53. The van der Waals surface area contributed by atoms with Crippen LogP contribution < -0.4 is 10.4 Å². The zero-order valence-corrected chi connectivity index (χ0v) is 22.9. The molecule has 194 valence electrons. The van der Waals surface area contributed by atoms with Crippen LogP contribution in [0.5, 0.6) is 5.75 Å². The molecule has 3 heterocycles. The van der Waals surface area contributed by atoms with E-state index in [9.17, 15) is 14.4 Å². The summed E-state index contributed by atoms with van der Waals surface area (Å²) < 4.78 is 8.99. The van der Waals surface area contributed by atoms with Crippen LogP contribution in [0.15, 0.2) is 76.1 Å². The molecular formula is C28H24BrClN4O4. The molecule has 1 amide bonds. The van der Waals surface area contributed by atoms with Gasteiger partial charge in [-0.15, -0.1) is 0 Å². The number of carbonyl (C=O) groups excluding carboxylic acids is 2. The number of aryl methyl sites for hydroxylation is 1. The predicted molar refractivity (Wildman–Crippen MR) is 147 cm³/mol. The molecule has 0 aliphatic carbocycles. The fourth-order valence-electron chi connectivity index (χ4n) is 4.61.